The zero-order valence-electron chi connectivity index (χ0n) is 16.1. The molecular formula is C21H19N7O2. The highest BCUT2D eigenvalue weighted by Gasteiger charge is 2.28. The summed E-state index contributed by atoms with van der Waals surface area (Å²) in [5.74, 6) is 1.12. The van der Waals surface area contributed by atoms with Gasteiger partial charge in [-0.1, -0.05) is 12.1 Å². The number of rotatable bonds is 6. The SMILES string of the molecule is O=C(CCc1nc2ccccc2c(=O)n1C1CC1)Nc1ccc(-n2cncn2)nc1. The third-order valence-electron chi connectivity index (χ3n) is 5.05. The van der Waals surface area contributed by atoms with Crippen LogP contribution in [0.1, 0.15) is 31.1 Å². The summed E-state index contributed by atoms with van der Waals surface area (Å²) in [5, 5.41) is 7.48. The average Bonchev–Trinajstić information content (AvgIpc) is 3.45. The van der Waals surface area contributed by atoms with Gasteiger partial charge < -0.3 is 5.32 Å². The Morgan fingerprint density at radius 2 is 2.03 bits per heavy atom. The van der Waals surface area contributed by atoms with Gasteiger partial charge in [0, 0.05) is 18.9 Å². The van der Waals surface area contributed by atoms with Crippen LogP contribution in [-0.4, -0.2) is 35.2 Å². The van der Waals surface area contributed by atoms with E-state index in [1.54, 1.807) is 35.3 Å². The van der Waals surface area contributed by atoms with Gasteiger partial charge in [-0.25, -0.2) is 19.6 Å². The van der Waals surface area contributed by atoms with E-state index in [2.05, 4.69) is 25.4 Å². The van der Waals surface area contributed by atoms with Gasteiger partial charge >= 0.3 is 0 Å². The molecule has 1 N–H and O–H groups in total. The molecule has 9 nitrogen and oxygen atoms in total. The number of hydrogen-bond donors (Lipinski definition) is 1. The van der Waals surface area contributed by atoms with Crippen LogP contribution >= 0.6 is 0 Å². The van der Waals surface area contributed by atoms with E-state index in [0.29, 0.717) is 34.7 Å². The van der Waals surface area contributed by atoms with E-state index in [0.717, 1.165) is 12.8 Å². The van der Waals surface area contributed by atoms with Gasteiger partial charge in [0.05, 0.1) is 22.8 Å². The van der Waals surface area contributed by atoms with Gasteiger partial charge in [0.2, 0.25) is 5.91 Å². The number of carbonyl (C=O) groups excluding carboxylic acids is 1. The van der Waals surface area contributed by atoms with Crippen molar-refractivity contribution >= 4 is 22.5 Å². The molecule has 4 aromatic rings. The van der Waals surface area contributed by atoms with E-state index < -0.39 is 0 Å². The average molecular weight is 401 g/mol. The molecule has 0 saturated heterocycles. The molecule has 0 unspecified atom stereocenters. The van der Waals surface area contributed by atoms with E-state index in [4.69, 9.17) is 0 Å². The minimum Gasteiger partial charge on any atom is -0.325 e. The summed E-state index contributed by atoms with van der Waals surface area (Å²) in [6.45, 7) is 0. The van der Waals surface area contributed by atoms with Crippen molar-refractivity contribution in [2.24, 2.45) is 0 Å². The van der Waals surface area contributed by atoms with Crippen LogP contribution in [0, 0.1) is 0 Å². The Labute approximate surface area is 171 Å². The summed E-state index contributed by atoms with van der Waals surface area (Å²) in [6.07, 6.45) is 7.13. The smallest absolute Gasteiger partial charge is 0.261 e. The molecule has 30 heavy (non-hydrogen) atoms. The lowest BCUT2D eigenvalue weighted by Crippen LogP contribution is -2.25. The molecule has 3 heterocycles. The Hall–Kier alpha value is -3.88. The number of aromatic nitrogens is 6. The monoisotopic (exact) mass is 401 g/mol. The van der Waals surface area contributed by atoms with E-state index in [1.165, 1.54) is 11.0 Å². The molecule has 1 aliphatic carbocycles. The van der Waals surface area contributed by atoms with Crippen LogP contribution < -0.4 is 10.9 Å². The van der Waals surface area contributed by atoms with Crippen LogP contribution in [0.15, 0.2) is 60.0 Å². The van der Waals surface area contributed by atoms with Crippen LogP contribution in [0.25, 0.3) is 16.7 Å². The molecule has 5 rings (SSSR count). The van der Waals surface area contributed by atoms with Gasteiger partial charge in [0.25, 0.3) is 5.56 Å². The van der Waals surface area contributed by atoms with E-state index in [-0.39, 0.29) is 23.9 Å². The molecule has 0 spiro atoms. The second-order valence-electron chi connectivity index (χ2n) is 7.24. The van der Waals surface area contributed by atoms with E-state index in [9.17, 15) is 9.59 Å². The number of para-hydroxylation sites is 1. The molecule has 0 radical (unpaired) electrons. The van der Waals surface area contributed by atoms with Gasteiger partial charge in [0.1, 0.15) is 18.5 Å². The fraction of sp³-hybridized carbons (Fsp3) is 0.238. The molecule has 1 saturated carbocycles. The van der Waals surface area contributed by atoms with Crippen molar-refractivity contribution in [2.75, 3.05) is 5.32 Å². The van der Waals surface area contributed by atoms with E-state index in [1.807, 2.05) is 18.2 Å². The molecule has 1 aliphatic rings. The summed E-state index contributed by atoms with van der Waals surface area (Å²) >= 11 is 0. The topological polar surface area (TPSA) is 108 Å². The molecule has 1 aromatic carbocycles. The molecular weight excluding hydrogens is 382 g/mol. The van der Waals surface area contributed by atoms with Gasteiger partial charge in [-0.2, -0.15) is 5.10 Å². The van der Waals surface area contributed by atoms with E-state index >= 15 is 0 Å². The lowest BCUT2D eigenvalue weighted by atomic mass is 10.2. The predicted molar refractivity (Wildman–Crippen MR) is 110 cm³/mol. The summed E-state index contributed by atoms with van der Waals surface area (Å²) < 4.78 is 3.30. The maximum absolute atomic E-state index is 12.9. The highest BCUT2D eigenvalue weighted by Crippen LogP contribution is 2.34. The number of nitrogens with one attached hydrogen (secondary N) is 1. The number of carbonyl (C=O) groups is 1. The number of aryl methyl sites for hydroxylation is 1. The normalized spacial score (nSPS) is 13.5. The van der Waals surface area contributed by atoms with Crippen molar-refractivity contribution in [1.82, 2.24) is 29.3 Å². The third-order valence-corrected chi connectivity index (χ3v) is 5.05. The van der Waals surface area contributed by atoms with Gasteiger partial charge in [-0.15, -0.1) is 0 Å². The van der Waals surface area contributed by atoms with Crippen LogP contribution in [0.2, 0.25) is 0 Å². The fourth-order valence-corrected chi connectivity index (χ4v) is 3.45. The van der Waals surface area contributed by atoms with Crippen LogP contribution in [0.4, 0.5) is 5.69 Å². The van der Waals surface area contributed by atoms with Crippen molar-refractivity contribution in [3.05, 3.63) is 71.4 Å². The molecule has 1 amide bonds. The van der Waals surface area contributed by atoms with Crippen LogP contribution in [0.3, 0.4) is 0 Å². The Balaban J connectivity index is 1.30. The zero-order chi connectivity index (χ0) is 20.5. The van der Waals surface area contributed by atoms with Crippen molar-refractivity contribution < 1.29 is 4.79 Å². The lowest BCUT2D eigenvalue weighted by Gasteiger charge is -2.13. The maximum atomic E-state index is 12.9. The molecule has 0 bridgehead atoms. The van der Waals surface area contributed by atoms with Gasteiger partial charge in [-0.05, 0) is 37.1 Å². The van der Waals surface area contributed by atoms with Crippen molar-refractivity contribution in [3.8, 4) is 5.82 Å². The largest absolute Gasteiger partial charge is 0.325 e. The Morgan fingerprint density at radius 1 is 1.17 bits per heavy atom. The molecule has 0 atom stereocenters. The third kappa shape index (κ3) is 3.57. The first kappa shape index (κ1) is 18.2. The second kappa shape index (κ2) is 7.51. The number of benzene rings is 1. The van der Waals surface area contributed by atoms with Crippen molar-refractivity contribution in [2.45, 2.75) is 31.7 Å². The molecule has 150 valence electrons. The molecule has 1 fully saturated rings. The highest BCUT2D eigenvalue weighted by atomic mass is 16.1. The van der Waals surface area contributed by atoms with Gasteiger partial charge in [-0.3, -0.25) is 14.2 Å². The van der Waals surface area contributed by atoms with Gasteiger partial charge in [0.15, 0.2) is 5.82 Å². The number of nitrogens with zero attached hydrogens (tertiary/aromatic N) is 6. The first-order valence-electron chi connectivity index (χ1n) is 9.80. The predicted octanol–water partition coefficient (Wildman–Crippen LogP) is 2.28. The first-order valence-corrected chi connectivity index (χ1v) is 9.80. The van der Waals surface area contributed by atoms with Crippen LogP contribution in [0.5, 0.6) is 0 Å². The number of pyridine rings is 1. The highest BCUT2D eigenvalue weighted by molar-refractivity contribution is 5.90. The minimum atomic E-state index is -0.157. The van der Waals surface area contributed by atoms with Crippen LogP contribution in [-0.2, 0) is 11.2 Å². The lowest BCUT2D eigenvalue weighted by molar-refractivity contribution is -0.116. The molecule has 3 aromatic heterocycles. The second-order valence-corrected chi connectivity index (χ2v) is 7.24. The molecule has 9 heteroatoms. The maximum Gasteiger partial charge on any atom is 0.261 e. The molecule has 0 aliphatic heterocycles. The standard InChI is InChI=1S/C21H19N7O2/c29-20(25-14-5-8-18(23-11-14)27-13-22-12-24-27)10-9-19-26-17-4-2-1-3-16(17)21(30)28(19)15-6-7-15/h1-5,8,11-13,15H,6-7,9-10H2,(H,25,29). The number of amides is 1. The van der Waals surface area contributed by atoms with Crippen molar-refractivity contribution in [3.63, 3.8) is 0 Å². The minimum absolute atomic E-state index is 0.0218. The summed E-state index contributed by atoms with van der Waals surface area (Å²) in [5.41, 5.74) is 1.24. The Morgan fingerprint density at radius 3 is 2.77 bits per heavy atom. The van der Waals surface area contributed by atoms with Crippen molar-refractivity contribution in [1.29, 1.82) is 0 Å². The first-order chi connectivity index (χ1) is 14.7. The Kier molecular flexibility index (Phi) is 4.55. The number of fused-ring (bicyclic) bond motifs is 1. The zero-order valence-corrected chi connectivity index (χ0v) is 16.1. The summed E-state index contributed by atoms with van der Waals surface area (Å²) in [6, 6.07) is 11.0. The number of hydrogen-bond acceptors (Lipinski definition) is 6. The quantitative estimate of drug-likeness (QED) is 0.531. The summed E-state index contributed by atoms with van der Waals surface area (Å²) in [4.78, 5) is 38.2. The fourth-order valence-electron chi connectivity index (χ4n) is 3.45. The summed E-state index contributed by atoms with van der Waals surface area (Å²) in [7, 11) is 0. The Bertz CT molecular complexity index is 1260. The number of anilines is 1.